The van der Waals surface area contributed by atoms with Crippen LogP contribution in [0.25, 0.3) is 10.9 Å². The number of hydrogen-bond acceptors (Lipinski definition) is 2. The van der Waals surface area contributed by atoms with Crippen LogP contribution in [0.15, 0.2) is 75.1 Å². The van der Waals surface area contributed by atoms with Crippen molar-refractivity contribution in [2.24, 2.45) is 0 Å². The third-order valence-corrected chi connectivity index (χ3v) is 4.09. The minimum atomic E-state index is 0.875. The second-order valence-electron chi connectivity index (χ2n) is 3.88. The fourth-order valence-corrected chi connectivity index (χ4v) is 3.38. The maximum Gasteiger partial charge on any atom is 0.107 e. The molecule has 3 rings (SSSR count). The molecule has 88 valence electrons. The van der Waals surface area contributed by atoms with Gasteiger partial charge in [0.25, 0.3) is 0 Å². The largest absolute Gasteiger partial charge is 0.241 e. The summed E-state index contributed by atoms with van der Waals surface area (Å²) in [5, 5.41) is 1.19. The lowest BCUT2D eigenvalue weighted by Gasteiger charge is -2.06. The first-order chi connectivity index (χ1) is 8.83. The Labute approximate surface area is 118 Å². The zero-order chi connectivity index (χ0) is 12.4. The Bertz CT molecular complexity index is 682. The van der Waals surface area contributed by atoms with Crippen LogP contribution in [-0.2, 0) is 0 Å². The molecule has 0 amide bonds. The van der Waals surface area contributed by atoms with E-state index in [0.717, 1.165) is 10.1 Å². The van der Waals surface area contributed by atoms with Crippen molar-refractivity contribution in [3.05, 3.63) is 65.3 Å². The summed E-state index contributed by atoms with van der Waals surface area (Å²) in [5.74, 6) is 0. The second-order valence-corrected chi connectivity index (χ2v) is 5.80. The summed E-state index contributed by atoms with van der Waals surface area (Å²) >= 11 is 5.23. The number of fused-ring (bicyclic) bond motifs is 1. The average molecular weight is 316 g/mol. The van der Waals surface area contributed by atoms with Crippen LogP contribution < -0.4 is 0 Å². The van der Waals surface area contributed by atoms with Crippen molar-refractivity contribution in [3.8, 4) is 0 Å². The van der Waals surface area contributed by atoms with Gasteiger partial charge in [0.2, 0.25) is 0 Å². The third kappa shape index (κ3) is 2.42. The molecule has 18 heavy (non-hydrogen) atoms. The molecule has 0 aliphatic rings. The highest BCUT2D eigenvalue weighted by Gasteiger charge is 2.05. The standard InChI is InChI=1S/C15H10BrNS/c16-15-10-14(18-11-6-2-1-3-7-11)12-8-4-5-9-13(12)17-15/h1-10H. The Kier molecular flexibility index (Phi) is 3.35. The maximum absolute atomic E-state index is 4.48. The lowest BCUT2D eigenvalue weighted by atomic mass is 10.2. The van der Waals surface area contributed by atoms with E-state index >= 15 is 0 Å². The van der Waals surface area contributed by atoms with E-state index in [9.17, 15) is 0 Å². The number of nitrogens with zero attached hydrogens (tertiary/aromatic N) is 1. The summed E-state index contributed by atoms with van der Waals surface area (Å²) in [7, 11) is 0. The Balaban J connectivity index is 2.11. The fraction of sp³-hybridized carbons (Fsp3) is 0. The number of benzene rings is 2. The summed E-state index contributed by atoms with van der Waals surface area (Å²) in [4.78, 5) is 6.94. The van der Waals surface area contributed by atoms with Gasteiger partial charge in [-0.15, -0.1) is 0 Å². The number of aromatic nitrogens is 1. The molecule has 0 aliphatic heterocycles. The molecule has 0 saturated heterocycles. The van der Waals surface area contributed by atoms with E-state index in [0.29, 0.717) is 0 Å². The summed E-state index contributed by atoms with van der Waals surface area (Å²) < 4.78 is 0.875. The Morgan fingerprint density at radius 2 is 1.61 bits per heavy atom. The van der Waals surface area contributed by atoms with Gasteiger partial charge in [-0.25, -0.2) is 4.98 Å². The molecular weight excluding hydrogens is 306 g/mol. The van der Waals surface area contributed by atoms with Crippen LogP contribution in [0.1, 0.15) is 0 Å². The van der Waals surface area contributed by atoms with E-state index < -0.39 is 0 Å². The minimum Gasteiger partial charge on any atom is -0.241 e. The topological polar surface area (TPSA) is 12.9 Å². The molecule has 1 nitrogen and oxygen atoms in total. The van der Waals surface area contributed by atoms with Crippen LogP contribution in [0.5, 0.6) is 0 Å². The second kappa shape index (κ2) is 5.12. The first-order valence-corrected chi connectivity index (χ1v) is 7.22. The van der Waals surface area contributed by atoms with Gasteiger partial charge in [-0.3, -0.25) is 0 Å². The van der Waals surface area contributed by atoms with Gasteiger partial charge in [0.05, 0.1) is 5.52 Å². The van der Waals surface area contributed by atoms with Crippen LogP contribution in [0.3, 0.4) is 0 Å². The van der Waals surface area contributed by atoms with Crippen molar-refractivity contribution in [2.75, 3.05) is 0 Å². The number of pyridine rings is 1. The highest BCUT2D eigenvalue weighted by molar-refractivity contribution is 9.10. The summed E-state index contributed by atoms with van der Waals surface area (Å²) in [6, 6.07) is 20.7. The van der Waals surface area contributed by atoms with E-state index in [2.05, 4.69) is 57.3 Å². The minimum absolute atomic E-state index is 0.875. The Morgan fingerprint density at radius 1 is 0.889 bits per heavy atom. The SMILES string of the molecule is Brc1cc(Sc2ccccc2)c2ccccc2n1. The average Bonchev–Trinajstić information content (AvgIpc) is 2.40. The smallest absolute Gasteiger partial charge is 0.107 e. The Morgan fingerprint density at radius 3 is 2.44 bits per heavy atom. The van der Waals surface area contributed by atoms with Crippen LogP contribution in [0, 0.1) is 0 Å². The number of para-hydroxylation sites is 1. The number of halogens is 1. The summed E-state index contributed by atoms with van der Waals surface area (Å²) in [6.45, 7) is 0. The lowest BCUT2D eigenvalue weighted by molar-refractivity contribution is 1.30. The molecule has 0 unspecified atom stereocenters. The monoisotopic (exact) mass is 315 g/mol. The summed E-state index contributed by atoms with van der Waals surface area (Å²) in [6.07, 6.45) is 0. The molecule has 1 heterocycles. The lowest BCUT2D eigenvalue weighted by Crippen LogP contribution is -1.83. The maximum atomic E-state index is 4.48. The van der Waals surface area contributed by atoms with Crippen molar-refractivity contribution < 1.29 is 0 Å². The molecule has 3 heteroatoms. The third-order valence-electron chi connectivity index (χ3n) is 2.62. The first-order valence-electron chi connectivity index (χ1n) is 5.61. The van der Waals surface area contributed by atoms with Gasteiger partial charge in [0.1, 0.15) is 4.60 Å². The molecule has 0 bridgehead atoms. The van der Waals surface area contributed by atoms with Gasteiger partial charge >= 0.3 is 0 Å². The predicted octanol–water partition coefficient (Wildman–Crippen LogP) is 5.15. The van der Waals surface area contributed by atoms with E-state index in [-0.39, 0.29) is 0 Å². The molecule has 2 aromatic carbocycles. The van der Waals surface area contributed by atoms with E-state index in [4.69, 9.17) is 0 Å². The molecule has 0 spiro atoms. The zero-order valence-corrected chi connectivity index (χ0v) is 11.9. The van der Waals surface area contributed by atoms with Crippen LogP contribution >= 0.6 is 27.7 Å². The molecule has 0 fully saturated rings. The van der Waals surface area contributed by atoms with Gasteiger partial charge in [-0.05, 0) is 40.2 Å². The first kappa shape index (κ1) is 11.8. The highest BCUT2D eigenvalue weighted by Crippen LogP contribution is 2.34. The van der Waals surface area contributed by atoms with Gasteiger partial charge < -0.3 is 0 Å². The molecule has 0 N–H and O–H groups in total. The molecule has 0 saturated carbocycles. The predicted molar refractivity (Wildman–Crippen MR) is 80.0 cm³/mol. The number of hydrogen-bond donors (Lipinski definition) is 0. The Hall–Kier alpha value is -1.32. The number of rotatable bonds is 2. The van der Waals surface area contributed by atoms with Crippen LogP contribution in [0.4, 0.5) is 0 Å². The van der Waals surface area contributed by atoms with Gasteiger partial charge in [0, 0.05) is 15.2 Å². The normalized spacial score (nSPS) is 10.7. The van der Waals surface area contributed by atoms with Gasteiger partial charge in [-0.1, -0.05) is 48.2 Å². The van der Waals surface area contributed by atoms with E-state index in [1.54, 1.807) is 11.8 Å². The van der Waals surface area contributed by atoms with Crippen molar-refractivity contribution in [1.29, 1.82) is 0 Å². The van der Waals surface area contributed by atoms with E-state index in [1.165, 1.54) is 15.2 Å². The van der Waals surface area contributed by atoms with Gasteiger partial charge in [-0.2, -0.15) is 0 Å². The molecule has 0 radical (unpaired) electrons. The quantitative estimate of drug-likeness (QED) is 0.607. The molecule has 3 aromatic rings. The molecule has 1 aromatic heterocycles. The van der Waals surface area contributed by atoms with Crippen molar-refractivity contribution in [3.63, 3.8) is 0 Å². The zero-order valence-electron chi connectivity index (χ0n) is 9.51. The summed E-state index contributed by atoms with van der Waals surface area (Å²) in [5.41, 5.74) is 1.02. The van der Waals surface area contributed by atoms with Crippen LogP contribution in [-0.4, -0.2) is 4.98 Å². The van der Waals surface area contributed by atoms with Crippen molar-refractivity contribution in [2.45, 2.75) is 9.79 Å². The van der Waals surface area contributed by atoms with Crippen molar-refractivity contribution in [1.82, 2.24) is 4.98 Å². The molecular formula is C15H10BrNS. The highest BCUT2D eigenvalue weighted by atomic mass is 79.9. The van der Waals surface area contributed by atoms with Gasteiger partial charge in [0.15, 0.2) is 0 Å². The van der Waals surface area contributed by atoms with E-state index in [1.807, 2.05) is 24.3 Å². The fourth-order valence-electron chi connectivity index (χ4n) is 1.81. The molecule has 0 atom stereocenters. The molecule has 0 aliphatic carbocycles. The van der Waals surface area contributed by atoms with Crippen molar-refractivity contribution >= 4 is 38.6 Å². The van der Waals surface area contributed by atoms with Crippen LogP contribution in [0.2, 0.25) is 0 Å².